The summed E-state index contributed by atoms with van der Waals surface area (Å²) in [5.41, 5.74) is 2.79. The third-order valence-electron chi connectivity index (χ3n) is 4.78. The molecule has 1 aliphatic heterocycles. The standard InChI is InChI=1S/C22H27N3O2/c1-2-25(17-19-12-15-27-16-13-19)22(26)24-21-10-7-18(8-11-21)6-9-20-5-3-4-14-23-20/h3-11,14,19H,2,12-13,15-17H2,1H3,(H,24,26)/b9-6+. The number of urea groups is 1. The van der Waals surface area contributed by atoms with Crippen molar-refractivity contribution >= 4 is 23.9 Å². The van der Waals surface area contributed by atoms with Crippen LogP contribution in [0.25, 0.3) is 12.2 Å². The number of pyridine rings is 1. The van der Waals surface area contributed by atoms with Crippen LogP contribution >= 0.6 is 0 Å². The number of carbonyl (C=O) groups is 1. The average Bonchev–Trinajstić information content (AvgIpc) is 2.73. The monoisotopic (exact) mass is 365 g/mol. The predicted molar refractivity (Wildman–Crippen MR) is 109 cm³/mol. The summed E-state index contributed by atoms with van der Waals surface area (Å²) in [5.74, 6) is 0.531. The smallest absolute Gasteiger partial charge is 0.321 e. The van der Waals surface area contributed by atoms with Gasteiger partial charge in [-0.15, -0.1) is 0 Å². The van der Waals surface area contributed by atoms with Gasteiger partial charge in [0.15, 0.2) is 0 Å². The normalized spacial score (nSPS) is 15.0. The Labute approximate surface area is 161 Å². The van der Waals surface area contributed by atoms with Gasteiger partial charge in [-0.25, -0.2) is 4.79 Å². The molecule has 0 aliphatic carbocycles. The Kier molecular flexibility index (Phi) is 6.99. The topological polar surface area (TPSA) is 54.5 Å². The van der Waals surface area contributed by atoms with Crippen molar-refractivity contribution in [2.24, 2.45) is 5.92 Å². The first-order valence-electron chi connectivity index (χ1n) is 9.57. The Balaban J connectivity index is 1.54. The number of aromatic nitrogens is 1. The van der Waals surface area contributed by atoms with Gasteiger partial charge in [0.25, 0.3) is 0 Å². The lowest BCUT2D eigenvalue weighted by Crippen LogP contribution is -2.39. The van der Waals surface area contributed by atoms with Crippen molar-refractivity contribution < 1.29 is 9.53 Å². The Morgan fingerprint density at radius 2 is 1.96 bits per heavy atom. The fourth-order valence-electron chi connectivity index (χ4n) is 3.13. The van der Waals surface area contributed by atoms with Gasteiger partial charge in [-0.2, -0.15) is 0 Å². The molecule has 142 valence electrons. The average molecular weight is 365 g/mol. The van der Waals surface area contributed by atoms with Crippen LogP contribution in [0.3, 0.4) is 0 Å². The number of nitrogens with one attached hydrogen (secondary N) is 1. The summed E-state index contributed by atoms with van der Waals surface area (Å²) in [4.78, 5) is 18.7. The van der Waals surface area contributed by atoms with Crippen LogP contribution in [0.4, 0.5) is 10.5 Å². The molecule has 0 unspecified atom stereocenters. The van der Waals surface area contributed by atoms with E-state index in [9.17, 15) is 4.79 Å². The van der Waals surface area contributed by atoms with Gasteiger partial charge in [0.2, 0.25) is 0 Å². The molecule has 1 N–H and O–H groups in total. The van der Waals surface area contributed by atoms with Gasteiger partial charge in [-0.1, -0.05) is 24.3 Å². The minimum Gasteiger partial charge on any atom is -0.381 e. The van der Waals surface area contributed by atoms with E-state index in [2.05, 4.69) is 10.3 Å². The van der Waals surface area contributed by atoms with Crippen LogP contribution in [0.2, 0.25) is 0 Å². The molecule has 5 heteroatoms. The number of anilines is 1. The lowest BCUT2D eigenvalue weighted by Gasteiger charge is -2.29. The quantitative estimate of drug-likeness (QED) is 0.818. The van der Waals surface area contributed by atoms with Crippen LogP contribution in [-0.4, -0.2) is 42.2 Å². The highest BCUT2D eigenvalue weighted by Crippen LogP contribution is 2.17. The van der Waals surface area contributed by atoms with Gasteiger partial charge in [0.05, 0.1) is 5.69 Å². The molecule has 1 aromatic heterocycles. The molecule has 1 fully saturated rings. The Bertz CT molecular complexity index is 738. The molecular weight excluding hydrogens is 338 g/mol. The van der Waals surface area contributed by atoms with Crippen molar-refractivity contribution in [2.75, 3.05) is 31.6 Å². The molecule has 1 aromatic carbocycles. The summed E-state index contributed by atoms with van der Waals surface area (Å²) in [5, 5.41) is 3.00. The van der Waals surface area contributed by atoms with E-state index in [1.165, 1.54) is 0 Å². The number of hydrogen-bond donors (Lipinski definition) is 1. The molecule has 0 radical (unpaired) electrons. The van der Waals surface area contributed by atoms with Crippen molar-refractivity contribution in [1.29, 1.82) is 0 Å². The zero-order valence-electron chi connectivity index (χ0n) is 15.8. The summed E-state index contributed by atoms with van der Waals surface area (Å²) in [6.45, 7) is 5.11. The number of benzene rings is 1. The molecule has 3 rings (SSSR count). The molecule has 27 heavy (non-hydrogen) atoms. The minimum atomic E-state index is -0.0410. The fourth-order valence-corrected chi connectivity index (χ4v) is 3.13. The zero-order chi connectivity index (χ0) is 18.9. The molecule has 1 saturated heterocycles. The largest absolute Gasteiger partial charge is 0.381 e. The van der Waals surface area contributed by atoms with Crippen molar-refractivity contribution in [3.63, 3.8) is 0 Å². The van der Waals surface area contributed by atoms with Gasteiger partial charge in [-0.3, -0.25) is 4.98 Å². The Morgan fingerprint density at radius 1 is 1.19 bits per heavy atom. The SMILES string of the molecule is CCN(CC1CCOCC1)C(=O)Nc1ccc(/C=C/c2ccccn2)cc1. The van der Waals surface area contributed by atoms with Gasteiger partial charge >= 0.3 is 6.03 Å². The molecule has 2 amide bonds. The number of ether oxygens (including phenoxy) is 1. The lowest BCUT2D eigenvalue weighted by molar-refractivity contribution is 0.0576. The highest BCUT2D eigenvalue weighted by Gasteiger charge is 2.20. The highest BCUT2D eigenvalue weighted by atomic mass is 16.5. The van der Waals surface area contributed by atoms with Crippen LogP contribution in [-0.2, 0) is 4.74 Å². The molecule has 2 heterocycles. The summed E-state index contributed by atoms with van der Waals surface area (Å²) in [6, 6.07) is 13.6. The summed E-state index contributed by atoms with van der Waals surface area (Å²) < 4.78 is 5.40. The van der Waals surface area contributed by atoms with E-state index >= 15 is 0 Å². The maximum absolute atomic E-state index is 12.6. The predicted octanol–water partition coefficient (Wildman–Crippen LogP) is 4.53. The molecule has 0 spiro atoms. The first kappa shape index (κ1) is 19.1. The summed E-state index contributed by atoms with van der Waals surface area (Å²) >= 11 is 0. The second kappa shape index (κ2) is 9.88. The van der Waals surface area contributed by atoms with E-state index in [4.69, 9.17) is 4.74 Å². The number of amides is 2. The molecule has 0 bridgehead atoms. The molecule has 0 atom stereocenters. The molecular formula is C22H27N3O2. The maximum atomic E-state index is 12.6. The van der Waals surface area contributed by atoms with Gasteiger partial charge in [-0.05, 0) is 61.6 Å². The molecule has 5 nitrogen and oxygen atoms in total. The molecule has 1 aliphatic rings. The van der Waals surface area contributed by atoms with E-state index in [1.54, 1.807) is 6.20 Å². The second-order valence-corrected chi connectivity index (χ2v) is 6.73. The lowest BCUT2D eigenvalue weighted by atomic mass is 10.00. The van der Waals surface area contributed by atoms with Crippen LogP contribution in [0.15, 0.2) is 48.7 Å². The van der Waals surface area contributed by atoms with Crippen LogP contribution in [0, 0.1) is 5.92 Å². The number of nitrogens with zero attached hydrogens (tertiary/aromatic N) is 2. The fraction of sp³-hybridized carbons (Fsp3) is 0.364. The van der Waals surface area contributed by atoms with Crippen molar-refractivity contribution in [3.05, 3.63) is 59.9 Å². The van der Waals surface area contributed by atoms with Crippen molar-refractivity contribution in [1.82, 2.24) is 9.88 Å². The van der Waals surface area contributed by atoms with Crippen LogP contribution < -0.4 is 5.32 Å². The maximum Gasteiger partial charge on any atom is 0.321 e. The zero-order valence-corrected chi connectivity index (χ0v) is 15.8. The van der Waals surface area contributed by atoms with Crippen LogP contribution in [0.5, 0.6) is 0 Å². The Hall–Kier alpha value is -2.66. The third-order valence-corrected chi connectivity index (χ3v) is 4.78. The summed E-state index contributed by atoms with van der Waals surface area (Å²) in [7, 11) is 0. The third kappa shape index (κ3) is 5.93. The van der Waals surface area contributed by atoms with E-state index in [0.29, 0.717) is 12.5 Å². The van der Waals surface area contributed by atoms with E-state index in [1.807, 2.05) is 66.4 Å². The summed E-state index contributed by atoms with van der Waals surface area (Å²) in [6.07, 6.45) is 7.82. The number of hydrogen-bond acceptors (Lipinski definition) is 3. The van der Waals surface area contributed by atoms with E-state index in [-0.39, 0.29) is 6.03 Å². The first-order valence-corrected chi connectivity index (χ1v) is 9.57. The van der Waals surface area contributed by atoms with Gasteiger partial charge < -0.3 is 15.0 Å². The van der Waals surface area contributed by atoms with Crippen molar-refractivity contribution in [2.45, 2.75) is 19.8 Å². The van der Waals surface area contributed by atoms with Gasteiger partial charge in [0.1, 0.15) is 0 Å². The van der Waals surface area contributed by atoms with Gasteiger partial charge in [0, 0.05) is 38.2 Å². The number of carbonyl (C=O) groups excluding carboxylic acids is 1. The van der Waals surface area contributed by atoms with Crippen LogP contribution in [0.1, 0.15) is 31.0 Å². The number of rotatable bonds is 6. The highest BCUT2D eigenvalue weighted by molar-refractivity contribution is 5.89. The van der Waals surface area contributed by atoms with Crippen molar-refractivity contribution in [3.8, 4) is 0 Å². The Morgan fingerprint density at radius 3 is 2.63 bits per heavy atom. The van der Waals surface area contributed by atoms with E-state index < -0.39 is 0 Å². The van der Waals surface area contributed by atoms with E-state index in [0.717, 1.165) is 49.5 Å². The first-order chi connectivity index (χ1) is 13.2. The second-order valence-electron chi connectivity index (χ2n) is 6.73. The molecule has 0 saturated carbocycles. The minimum absolute atomic E-state index is 0.0410. The molecule has 2 aromatic rings.